The van der Waals surface area contributed by atoms with Gasteiger partial charge in [-0.05, 0) is 93.5 Å². The van der Waals surface area contributed by atoms with Gasteiger partial charge < -0.3 is 9.30 Å². The third kappa shape index (κ3) is 8.22. The van der Waals surface area contributed by atoms with Crippen LogP contribution in [0.1, 0.15) is 86.4 Å². The summed E-state index contributed by atoms with van der Waals surface area (Å²) in [5.74, 6) is 3.92. The molecule has 0 saturated carbocycles. The lowest BCUT2D eigenvalue weighted by atomic mass is 9.91. The van der Waals surface area contributed by atoms with Crippen molar-refractivity contribution in [2.75, 3.05) is 0 Å². The molecule has 0 amide bonds. The Morgan fingerprint density at radius 3 is 1.76 bits per heavy atom. The fourth-order valence-electron chi connectivity index (χ4n) is 4.03. The first-order chi connectivity index (χ1) is 16.0. The molecule has 0 N–H and O–H groups in total. The Kier molecular flexibility index (Phi) is 10.7. The maximum atomic E-state index is 5.62. The van der Waals surface area contributed by atoms with Gasteiger partial charge in [-0.1, -0.05) is 71.9 Å². The largest absolute Gasteiger partial charge is 0.491 e. The molecule has 1 aromatic heterocycles. The molecule has 2 heteroatoms. The number of para-hydroxylation sites is 1. The summed E-state index contributed by atoms with van der Waals surface area (Å²) in [7, 11) is 0. The Hall–Kier alpha value is -2.22. The molecule has 0 fully saturated rings. The third-order valence-corrected chi connectivity index (χ3v) is 7.05. The van der Waals surface area contributed by atoms with Crippen molar-refractivity contribution in [3.63, 3.8) is 0 Å². The Bertz CT molecular complexity index is 978. The molecule has 188 valence electrons. The number of hydrogen-bond donors (Lipinski definition) is 0. The van der Waals surface area contributed by atoms with Crippen LogP contribution >= 0.6 is 0 Å². The van der Waals surface area contributed by atoms with E-state index in [0.717, 1.165) is 35.8 Å². The topological polar surface area (TPSA) is 14.2 Å². The highest BCUT2D eigenvalue weighted by atomic mass is 16.5. The van der Waals surface area contributed by atoms with Crippen molar-refractivity contribution in [3.05, 3.63) is 65.9 Å². The van der Waals surface area contributed by atoms with E-state index in [-0.39, 0.29) is 6.10 Å². The van der Waals surface area contributed by atoms with Crippen molar-refractivity contribution in [2.24, 2.45) is 23.7 Å². The maximum absolute atomic E-state index is 5.62. The summed E-state index contributed by atoms with van der Waals surface area (Å²) >= 11 is 0. The molecule has 2 unspecified atom stereocenters. The predicted octanol–water partition coefficient (Wildman–Crippen LogP) is 9.37. The molecule has 0 bridgehead atoms. The van der Waals surface area contributed by atoms with Gasteiger partial charge in [0.1, 0.15) is 5.75 Å². The van der Waals surface area contributed by atoms with Gasteiger partial charge in [-0.3, -0.25) is 0 Å². The number of aromatic nitrogens is 1. The van der Waals surface area contributed by atoms with Crippen molar-refractivity contribution in [1.29, 1.82) is 0 Å². The van der Waals surface area contributed by atoms with E-state index in [4.69, 9.17) is 4.74 Å². The molecule has 0 aliphatic rings. The first-order valence-electron chi connectivity index (χ1n) is 13.3. The molecule has 0 radical (unpaired) electrons. The molecule has 0 saturated heterocycles. The number of benzene rings is 2. The molecule has 2 atom stereocenters. The molecular weight excluding hydrogens is 414 g/mol. The monoisotopic (exact) mass is 463 g/mol. The van der Waals surface area contributed by atoms with Crippen LogP contribution in [0.4, 0.5) is 0 Å². The van der Waals surface area contributed by atoms with Crippen LogP contribution in [0.25, 0.3) is 10.9 Å². The summed E-state index contributed by atoms with van der Waals surface area (Å²) < 4.78 is 8.02. The van der Waals surface area contributed by atoms with Crippen LogP contribution in [0, 0.1) is 23.7 Å². The van der Waals surface area contributed by atoms with Crippen molar-refractivity contribution in [2.45, 2.75) is 94.2 Å². The number of rotatable bonds is 9. The van der Waals surface area contributed by atoms with E-state index in [1.54, 1.807) is 0 Å². The van der Waals surface area contributed by atoms with Crippen LogP contribution in [-0.2, 0) is 12.8 Å². The van der Waals surface area contributed by atoms with Gasteiger partial charge in [0, 0.05) is 23.1 Å². The Balaban J connectivity index is 0.000000242. The van der Waals surface area contributed by atoms with Crippen LogP contribution in [0.15, 0.2) is 54.7 Å². The van der Waals surface area contributed by atoms with E-state index >= 15 is 0 Å². The van der Waals surface area contributed by atoms with Gasteiger partial charge >= 0.3 is 0 Å². The molecule has 0 spiro atoms. The SMILES string of the molecule is CC(C)C(C)Cc1cn(C(C)C)c2ccccc12.CC(C)Oc1ccc(CC(C)C(C)C)cc1. The van der Waals surface area contributed by atoms with Crippen LogP contribution in [-0.4, -0.2) is 10.7 Å². The first kappa shape index (κ1) is 28.0. The second-order valence-corrected chi connectivity index (χ2v) is 11.3. The maximum Gasteiger partial charge on any atom is 0.119 e. The predicted molar refractivity (Wildman–Crippen MR) is 150 cm³/mol. The average Bonchev–Trinajstić information content (AvgIpc) is 3.14. The minimum absolute atomic E-state index is 0.250. The number of fused-ring (bicyclic) bond motifs is 1. The lowest BCUT2D eigenvalue weighted by Gasteiger charge is -2.16. The molecule has 0 aliphatic carbocycles. The number of ether oxygens (including phenoxy) is 1. The smallest absolute Gasteiger partial charge is 0.119 e. The summed E-state index contributed by atoms with van der Waals surface area (Å²) in [4.78, 5) is 0. The highest BCUT2D eigenvalue weighted by molar-refractivity contribution is 5.84. The van der Waals surface area contributed by atoms with Crippen molar-refractivity contribution in [1.82, 2.24) is 4.57 Å². The van der Waals surface area contributed by atoms with Crippen molar-refractivity contribution < 1.29 is 4.74 Å². The summed E-state index contributed by atoms with van der Waals surface area (Å²) in [6, 6.07) is 17.8. The van der Waals surface area contributed by atoms with E-state index in [1.807, 2.05) is 0 Å². The van der Waals surface area contributed by atoms with E-state index in [0.29, 0.717) is 6.04 Å². The highest BCUT2D eigenvalue weighted by Crippen LogP contribution is 2.28. The highest BCUT2D eigenvalue weighted by Gasteiger charge is 2.14. The van der Waals surface area contributed by atoms with E-state index in [2.05, 4.69) is 129 Å². The average molecular weight is 464 g/mol. The van der Waals surface area contributed by atoms with Gasteiger partial charge in [0.15, 0.2) is 0 Å². The molecular formula is C32H49NO. The summed E-state index contributed by atoms with van der Waals surface area (Å²) in [5.41, 5.74) is 4.27. The fraction of sp³-hybridized carbons (Fsp3) is 0.562. The molecule has 2 nitrogen and oxygen atoms in total. The van der Waals surface area contributed by atoms with E-state index in [9.17, 15) is 0 Å². The lowest BCUT2D eigenvalue weighted by molar-refractivity contribution is 0.242. The van der Waals surface area contributed by atoms with Gasteiger partial charge in [-0.15, -0.1) is 0 Å². The summed E-state index contributed by atoms with van der Waals surface area (Å²) in [5, 5.41) is 1.43. The Labute approximate surface area is 209 Å². The van der Waals surface area contributed by atoms with Gasteiger partial charge in [-0.2, -0.15) is 0 Å². The quantitative estimate of drug-likeness (QED) is 0.308. The zero-order valence-corrected chi connectivity index (χ0v) is 23.4. The lowest BCUT2D eigenvalue weighted by Crippen LogP contribution is -2.08. The third-order valence-electron chi connectivity index (χ3n) is 7.05. The Morgan fingerprint density at radius 2 is 1.24 bits per heavy atom. The molecule has 34 heavy (non-hydrogen) atoms. The van der Waals surface area contributed by atoms with Crippen molar-refractivity contribution >= 4 is 10.9 Å². The second-order valence-electron chi connectivity index (χ2n) is 11.3. The molecule has 3 rings (SSSR count). The summed E-state index contributed by atoms with van der Waals surface area (Å²) in [6.07, 6.45) is 4.94. The van der Waals surface area contributed by atoms with Crippen LogP contribution in [0.3, 0.4) is 0 Å². The zero-order chi connectivity index (χ0) is 25.4. The van der Waals surface area contributed by atoms with Gasteiger partial charge in [-0.25, -0.2) is 0 Å². The van der Waals surface area contributed by atoms with Crippen LogP contribution in [0.2, 0.25) is 0 Å². The van der Waals surface area contributed by atoms with Crippen LogP contribution < -0.4 is 4.74 Å². The second kappa shape index (κ2) is 13.0. The first-order valence-corrected chi connectivity index (χ1v) is 13.3. The minimum atomic E-state index is 0.250. The zero-order valence-electron chi connectivity index (χ0n) is 23.4. The summed E-state index contributed by atoms with van der Waals surface area (Å²) in [6.45, 7) is 22.4. The normalized spacial score (nSPS) is 13.5. The van der Waals surface area contributed by atoms with Crippen LogP contribution in [0.5, 0.6) is 5.75 Å². The molecule has 2 aromatic carbocycles. The minimum Gasteiger partial charge on any atom is -0.491 e. The molecule has 0 aliphatic heterocycles. The van der Waals surface area contributed by atoms with E-state index < -0.39 is 0 Å². The molecule has 3 aromatic rings. The van der Waals surface area contributed by atoms with Crippen molar-refractivity contribution in [3.8, 4) is 5.75 Å². The number of nitrogens with zero attached hydrogens (tertiary/aromatic N) is 1. The van der Waals surface area contributed by atoms with Gasteiger partial charge in [0.05, 0.1) is 6.10 Å². The number of hydrogen-bond acceptors (Lipinski definition) is 1. The fourth-order valence-corrected chi connectivity index (χ4v) is 4.03. The van der Waals surface area contributed by atoms with Gasteiger partial charge in [0.25, 0.3) is 0 Å². The Morgan fingerprint density at radius 1 is 0.676 bits per heavy atom. The molecule has 1 heterocycles. The van der Waals surface area contributed by atoms with E-state index in [1.165, 1.54) is 28.5 Å². The standard InChI is InChI=1S/C17H25N.C15H24O/c1-12(2)14(5)10-15-11-18(13(3)4)17-9-7-6-8-16(15)17;1-11(2)13(5)10-14-6-8-15(9-7-14)16-12(3)4/h6-9,11-14H,10H2,1-5H3;6-9,11-13H,10H2,1-5H3. The van der Waals surface area contributed by atoms with Gasteiger partial charge in [0.2, 0.25) is 0 Å².